The maximum absolute atomic E-state index is 14.9. The van der Waals surface area contributed by atoms with Gasteiger partial charge in [-0.25, -0.2) is 4.79 Å². The number of thioether (sulfide) groups is 1. The molecule has 3 aromatic carbocycles. The van der Waals surface area contributed by atoms with Crippen molar-refractivity contribution in [1.82, 2.24) is 10.2 Å². The fourth-order valence-electron chi connectivity index (χ4n) is 6.61. The highest BCUT2D eigenvalue weighted by Gasteiger charge is 2.44. The van der Waals surface area contributed by atoms with Crippen LogP contribution in [0.1, 0.15) is 58.4 Å². The molecule has 0 spiro atoms. The van der Waals surface area contributed by atoms with Crippen molar-refractivity contribution in [2.75, 3.05) is 41.7 Å². The molecule has 252 valence electrons. The number of fused-ring (bicyclic) bond motifs is 1. The summed E-state index contributed by atoms with van der Waals surface area (Å²) in [6.07, 6.45) is 1.94. The number of benzene rings is 3. The molecule has 1 saturated heterocycles. The van der Waals surface area contributed by atoms with E-state index in [0.29, 0.717) is 30.9 Å². The predicted octanol–water partition coefficient (Wildman–Crippen LogP) is 6.46. The molecule has 1 aliphatic carbocycles. The normalized spacial score (nSPS) is 19.4. The molecule has 9 nitrogen and oxygen atoms in total. The van der Waals surface area contributed by atoms with Crippen LogP contribution in [-0.2, 0) is 19.1 Å². The molecule has 4 amide bonds. The van der Waals surface area contributed by atoms with Gasteiger partial charge in [-0.05, 0) is 87.8 Å². The van der Waals surface area contributed by atoms with E-state index >= 15 is 0 Å². The number of nitrogens with one attached hydrogen (secondary N) is 1. The summed E-state index contributed by atoms with van der Waals surface area (Å²) in [5.41, 5.74) is 3.93. The van der Waals surface area contributed by atoms with Crippen molar-refractivity contribution in [3.8, 4) is 11.1 Å². The number of hydrogen-bond acceptors (Lipinski definition) is 6. The lowest BCUT2D eigenvalue weighted by atomic mass is 9.79. The molecule has 0 radical (unpaired) electrons. The molecule has 6 rings (SSSR count). The summed E-state index contributed by atoms with van der Waals surface area (Å²) in [5.74, 6) is -0.802. The molecule has 0 bridgehead atoms. The molecule has 3 aromatic rings. The Kier molecular flexibility index (Phi) is 9.83. The Morgan fingerprint density at radius 3 is 2.42 bits per heavy atom. The molecule has 1 saturated carbocycles. The Labute approximate surface area is 287 Å². The van der Waals surface area contributed by atoms with Crippen LogP contribution in [0.25, 0.3) is 11.1 Å². The van der Waals surface area contributed by atoms with Gasteiger partial charge in [0.2, 0.25) is 17.7 Å². The van der Waals surface area contributed by atoms with Crippen molar-refractivity contribution in [3.05, 3.63) is 78.4 Å². The van der Waals surface area contributed by atoms with Gasteiger partial charge in [-0.15, -0.1) is 11.8 Å². The van der Waals surface area contributed by atoms with Crippen LogP contribution in [0.3, 0.4) is 0 Å². The maximum atomic E-state index is 14.9. The van der Waals surface area contributed by atoms with Gasteiger partial charge in [0.15, 0.2) is 0 Å². The number of anilines is 2. The molecule has 48 heavy (non-hydrogen) atoms. The lowest BCUT2D eigenvalue weighted by Crippen LogP contribution is -2.51. The molecule has 3 aliphatic rings. The Bertz CT molecular complexity index is 1690. The van der Waals surface area contributed by atoms with Crippen molar-refractivity contribution < 1.29 is 23.9 Å². The van der Waals surface area contributed by atoms with Gasteiger partial charge in [0, 0.05) is 36.3 Å². The standard InChI is InChI=1S/C38H44N4O5S/c1-5-39-34(43)23-41-32-21-29(16-17-33(32)48-24-35(41)44)42(28-14-15-28)36(45)31-22-40(37(46)47-38(2,3)4)19-18-30(31)27-13-9-12-26(20-27)25-10-7-6-8-11-25/h6-13,16-17,20-21,28,30-31H,5,14-15,18-19,22-24H2,1-4H3,(H,39,43)/t30-,31?/m1/s1. The van der Waals surface area contributed by atoms with Crippen LogP contribution >= 0.6 is 11.8 Å². The summed E-state index contributed by atoms with van der Waals surface area (Å²) in [6, 6.07) is 24.4. The van der Waals surface area contributed by atoms with Crippen molar-refractivity contribution in [3.63, 3.8) is 0 Å². The number of likely N-dealkylation sites (N-methyl/N-ethyl adjacent to an activating group) is 1. The van der Waals surface area contributed by atoms with Crippen LogP contribution in [0, 0.1) is 5.92 Å². The Morgan fingerprint density at radius 2 is 1.71 bits per heavy atom. The Morgan fingerprint density at radius 1 is 0.958 bits per heavy atom. The lowest BCUT2D eigenvalue weighted by molar-refractivity contribution is -0.124. The Balaban J connectivity index is 1.35. The quantitative estimate of drug-likeness (QED) is 0.296. The molecule has 0 aromatic heterocycles. The van der Waals surface area contributed by atoms with Gasteiger partial charge in [-0.3, -0.25) is 14.4 Å². The average molecular weight is 669 g/mol. The first-order chi connectivity index (χ1) is 23.0. The summed E-state index contributed by atoms with van der Waals surface area (Å²) in [7, 11) is 0. The van der Waals surface area contributed by atoms with E-state index in [1.54, 1.807) is 4.90 Å². The van der Waals surface area contributed by atoms with E-state index in [2.05, 4.69) is 35.6 Å². The second kappa shape index (κ2) is 14.0. The predicted molar refractivity (Wildman–Crippen MR) is 189 cm³/mol. The topological polar surface area (TPSA) is 99.3 Å². The first-order valence-electron chi connectivity index (χ1n) is 16.8. The minimum atomic E-state index is -0.657. The number of carbonyl (C=O) groups excluding carboxylic acids is 4. The number of carbonyl (C=O) groups is 4. The fraction of sp³-hybridized carbons (Fsp3) is 0.421. The van der Waals surface area contributed by atoms with E-state index in [1.807, 2.05) is 75.1 Å². The van der Waals surface area contributed by atoms with E-state index in [-0.39, 0.29) is 48.5 Å². The number of ether oxygens (including phenoxy) is 1. The largest absolute Gasteiger partial charge is 0.444 e. The van der Waals surface area contributed by atoms with E-state index in [0.717, 1.165) is 34.4 Å². The van der Waals surface area contributed by atoms with E-state index in [4.69, 9.17) is 4.74 Å². The smallest absolute Gasteiger partial charge is 0.410 e. The molecule has 10 heteroatoms. The van der Waals surface area contributed by atoms with Crippen molar-refractivity contribution in [2.45, 2.75) is 69.4 Å². The molecular formula is C38H44N4O5S. The second-order valence-corrected chi connectivity index (χ2v) is 14.8. The van der Waals surface area contributed by atoms with Crippen LogP contribution in [0.15, 0.2) is 77.7 Å². The first kappa shape index (κ1) is 33.6. The van der Waals surface area contributed by atoms with Gasteiger partial charge in [0.25, 0.3) is 0 Å². The third-order valence-electron chi connectivity index (χ3n) is 8.99. The molecule has 1 N–H and O–H groups in total. The molecule has 1 unspecified atom stereocenters. The SMILES string of the molecule is CCNC(=O)CN1C(=O)CSc2ccc(N(C(=O)C3CN(C(=O)OC(C)(C)C)CC[C@@H]3c3cccc(-c4ccccc4)c3)C3CC3)cc21. The molecular weight excluding hydrogens is 625 g/mol. The zero-order valence-electron chi connectivity index (χ0n) is 28.1. The monoisotopic (exact) mass is 668 g/mol. The number of amides is 4. The molecule has 2 heterocycles. The minimum absolute atomic E-state index is 0.0209. The lowest BCUT2D eigenvalue weighted by Gasteiger charge is -2.41. The highest BCUT2D eigenvalue weighted by Crippen LogP contribution is 2.43. The molecule has 2 atom stereocenters. The van der Waals surface area contributed by atoms with Crippen LogP contribution in [-0.4, -0.2) is 72.3 Å². The maximum Gasteiger partial charge on any atom is 0.410 e. The molecule has 2 aliphatic heterocycles. The van der Waals surface area contributed by atoms with Crippen molar-refractivity contribution in [1.29, 1.82) is 0 Å². The summed E-state index contributed by atoms with van der Waals surface area (Å²) in [6.45, 7) is 8.50. The number of rotatable bonds is 8. The fourth-order valence-corrected chi connectivity index (χ4v) is 7.53. The minimum Gasteiger partial charge on any atom is -0.444 e. The van der Waals surface area contributed by atoms with Gasteiger partial charge in [-0.2, -0.15) is 0 Å². The number of piperidine rings is 1. The number of nitrogens with zero attached hydrogens (tertiary/aromatic N) is 3. The zero-order chi connectivity index (χ0) is 34.0. The van der Waals surface area contributed by atoms with E-state index in [9.17, 15) is 19.2 Å². The highest BCUT2D eigenvalue weighted by atomic mass is 32.2. The summed E-state index contributed by atoms with van der Waals surface area (Å²) >= 11 is 1.44. The van der Waals surface area contributed by atoms with Gasteiger partial charge < -0.3 is 24.8 Å². The number of hydrogen-bond donors (Lipinski definition) is 1. The van der Waals surface area contributed by atoms with Crippen LogP contribution < -0.4 is 15.1 Å². The zero-order valence-corrected chi connectivity index (χ0v) is 28.9. The van der Waals surface area contributed by atoms with E-state index in [1.165, 1.54) is 16.7 Å². The van der Waals surface area contributed by atoms with E-state index < -0.39 is 17.6 Å². The van der Waals surface area contributed by atoms with Crippen LogP contribution in [0.2, 0.25) is 0 Å². The van der Waals surface area contributed by atoms with Gasteiger partial charge in [0.05, 0.1) is 17.4 Å². The third kappa shape index (κ3) is 7.54. The number of likely N-dealkylation sites (tertiary alicyclic amines) is 1. The molecule has 2 fully saturated rings. The van der Waals surface area contributed by atoms with Gasteiger partial charge >= 0.3 is 6.09 Å². The summed E-state index contributed by atoms with van der Waals surface area (Å²) in [4.78, 5) is 59.8. The third-order valence-corrected chi connectivity index (χ3v) is 10.0. The summed E-state index contributed by atoms with van der Waals surface area (Å²) < 4.78 is 5.75. The Hall–Kier alpha value is -4.31. The van der Waals surface area contributed by atoms with Gasteiger partial charge in [0.1, 0.15) is 12.1 Å². The van der Waals surface area contributed by atoms with Crippen molar-refractivity contribution >= 4 is 47.0 Å². The van der Waals surface area contributed by atoms with Crippen molar-refractivity contribution in [2.24, 2.45) is 5.92 Å². The highest BCUT2D eigenvalue weighted by molar-refractivity contribution is 8.00. The second-order valence-electron chi connectivity index (χ2n) is 13.7. The van der Waals surface area contributed by atoms with Gasteiger partial charge in [-0.1, -0.05) is 54.6 Å². The van der Waals surface area contributed by atoms with Crippen LogP contribution in [0.5, 0.6) is 0 Å². The summed E-state index contributed by atoms with van der Waals surface area (Å²) in [5, 5.41) is 2.79. The first-order valence-corrected chi connectivity index (χ1v) is 17.8. The average Bonchev–Trinajstić information content (AvgIpc) is 3.91. The van der Waals surface area contributed by atoms with Crippen LogP contribution in [0.4, 0.5) is 16.2 Å².